The average Bonchev–Trinajstić information content (AvgIpc) is 3.32. The Hall–Kier alpha value is -2.18. The molecule has 4 rings (SSSR count). The quantitative estimate of drug-likeness (QED) is 0.778. The number of pyridine rings is 1. The number of ether oxygens (including phenoxy) is 1. The molecule has 1 amide bonds. The largest absolute Gasteiger partial charge is 0.376 e. The maximum absolute atomic E-state index is 12.9. The van der Waals surface area contributed by atoms with Crippen molar-refractivity contribution in [3.63, 3.8) is 0 Å². The van der Waals surface area contributed by atoms with Crippen molar-refractivity contribution in [3.8, 4) is 5.69 Å². The van der Waals surface area contributed by atoms with Gasteiger partial charge in [-0.25, -0.2) is 4.98 Å². The highest BCUT2D eigenvalue weighted by atomic mass is 32.1. The fourth-order valence-corrected chi connectivity index (χ4v) is 4.45. The number of nitrogens with one attached hydrogen (secondary N) is 1. The van der Waals surface area contributed by atoms with E-state index in [0.29, 0.717) is 11.4 Å². The summed E-state index contributed by atoms with van der Waals surface area (Å²) < 4.78 is 7.75. The Balaban J connectivity index is 1.75. The van der Waals surface area contributed by atoms with Crippen LogP contribution in [-0.4, -0.2) is 34.7 Å². The van der Waals surface area contributed by atoms with Gasteiger partial charge in [0, 0.05) is 36.1 Å². The molecule has 0 bridgehead atoms. The molecule has 1 aliphatic rings. The van der Waals surface area contributed by atoms with Crippen LogP contribution in [0.15, 0.2) is 30.5 Å². The van der Waals surface area contributed by atoms with E-state index in [2.05, 4.69) is 40.8 Å². The van der Waals surface area contributed by atoms with Crippen molar-refractivity contribution in [2.75, 3.05) is 13.2 Å². The number of rotatable bonds is 4. The Bertz CT molecular complexity index is 903. The van der Waals surface area contributed by atoms with Gasteiger partial charge in [-0.2, -0.15) is 0 Å². The molecule has 0 aliphatic carbocycles. The van der Waals surface area contributed by atoms with E-state index in [9.17, 15) is 4.79 Å². The second-order valence-electron chi connectivity index (χ2n) is 6.43. The Morgan fingerprint density at radius 1 is 1.36 bits per heavy atom. The van der Waals surface area contributed by atoms with Gasteiger partial charge in [-0.1, -0.05) is 0 Å². The minimum atomic E-state index is -0.0546. The predicted octanol–water partition coefficient (Wildman–Crippen LogP) is 3.61. The summed E-state index contributed by atoms with van der Waals surface area (Å²) in [5.74, 6) is -0.0546. The number of amides is 1. The van der Waals surface area contributed by atoms with E-state index >= 15 is 0 Å². The first-order valence-electron chi connectivity index (χ1n) is 8.58. The molecule has 1 fully saturated rings. The number of nitrogens with zero attached hydrogens (tertiary/aromatic N) is 2. The highest BCUT2D eigenvalue weighted by Gasteiger charge is 2.23. The molecule has 1 N–H and O–H groups in total. The Kier molecular flexibility index (Phi) is 4.31. The molecule has 4 heterocycles. The van der Waals surface area contributed by atoms with Crippen LogP contribution in [0.25, 0.3) is 15.9 Å². The summed E-state index contributed by atoms with van der Waals surface area (Å²) in [6.45, 7) is 5.46. The zero-order valence-electron chi connectivity index (χ0n) is 14.4. The summed E-state index contributed by atoms with van der Waals surface area (Å²) in [5.41, 5.74) is 3.14. The minimum Gasteiger partial charge on any atom is -0.376 e. The first-order valence-corrected chi connectivity index (χ1v) is 9.39. The monoisotopic (exact) mass is 355 g/mol. The van der Waals surface area contributed by atoms with E-state index in [-0.39, 0.29) is 12.0 Å². The molecular formula is C19H21N3O2S. The molecule has 0 unspecified atom stereocenters. The van der Waals surface area contributed by atoms with Gasteiger partial charge in [-0.3, -0.25) is 4.79 Å². The highest BCUT2D eigenvalue weighted by molar-refractivity contribution is 7.21. The third kappa shape index (κ3) is 2.96. The van der Waals surface area contributed by atoms with Crippen LogP contribution < -0.4 is 5.32 Å². The number of hydrogen-bond donors (Lipinski definition) is 1. The number of aryl methyl sites for hydroxylation is 2. The molecule has 5 nitrogen and oxygen atoms in total. The Morgan fingerprint density at radius 3 is 2.88 bits per heavy atom. The van der Waals surface area contributed by atoms with Crippen LogP contribution in [0, 0.1) is 13.8 Å². The van der Waals surface area contributed by atoms with E-state index in [4.69, 9.17) is 4.74 Å². The summed E-state index contributed by atoms with van der Waals surface area (Å²) in [5, 5.41) is 4.06. The molecule has 130 valence electrons. The van der Waals surface area contributed by atoms with Gasteiger partial charge in [0.1, 0.15) is 9.71 Å². The summed E-state index contributed by atoms with van der Waals surface area (Å²) in [4.78, 5) is 18.9. The highest BCUT2D eigenvalue weighted by Crippen LogP contribution is 2.34. The molecule has 1 aliphatic heterocycles. The van der Waals surface area contributed by atoms with E-state index in [1.807, 2.05) is 12.1 Å². The van der Waals surface area contributed by atoms with Crippen molar-refractivity contribution in [2.45, 2.75) is 32.8 Å². The van der Waals surface area contributed by atoms with Gasteiger partial charge >= 0.3 is 0 Å². The molecule has 3 aromatic rings. The molecular weight excluding hydrogens is 334 g/mol. The first kappa shape index (κ1) is 16.3. The van der Waals surface area contributed by atoms with Crippen molar-refractivity contribution < 1.29 is 9.53 Å². The molecule has 1 atom stereocenters. The van der Waals surface area contributed by atoms with E-state index in [0.717, 1.165) is 46.7 Å². The standard InChI is InChI=1S/C19H21N3O2S/c1-12-7-8-13(2)22(12)16-15-6-3-9-20-19(15)25-17(16)18(23)21-11-14-5-4-10-24-14/h3,6-9,14H,4-5,10-11H2,1-2H3,(H,21,23)/t14-/m1/s1. The van der Waals surface area contributed by atoms with Crippen molar-refractivity contribution in [1.29, 1.82) is 0 Å². The first-order chi connectivity index (χ1) is 12.1. The third-order valence-electron chi connectivity index (χ3n) is 4.66. The van der Waals surface area contributed by atoms with Crippen LogP contribution in [0.1, 0.15) is 33.9 Å². The number of carbonyl (C=O) groups is 1. The number of fused-ring (bicyclic) bond motifs is 1. The van der Waals surface area contributed by atoms with Crippen LogP contribution >= 0.6 is 11.3 Å². The lowest BCUT2D eigenvalue weighted by Gasteiger charge is -2.13. The lowest BCUT2D eigenvalue weighted by atomic mass is 10.2. The smallest absolute Gasteiger partial charge is 0.263 e. The van der Waals surface area contributed by atoms with Crippen molar-refractivity contribution >= 4 is 27.5 Å². The van der Waals surface area contributed by atoms with E-state index in [1.54, 1.807) is 6.20 Å². The summed E-state index contributed by atoms with van der Waals surface area (Å²) in [6.07, 6.45) is 3.98. The minimum absolute atomic E-state index is 0.0546. The van der Waals surface area contributed by atoms with Gasteiger partial charge in [-0.15, -0.1) is 11.3 Å². The average molecular weight is 355 g/mol. The molecule has 0 radical (unpaired) electrons. The fraction of sp³-hybridized carbons (Fsp3) is 0.368. The van der Waals surface area contributed by atoms with Gasteiger partial charge in [-0.05, 0) is 51.0 Å². The zero-order valence-corrected chi connectivity index (χ0v) is 15.2. The lowest BCUT2D eigenvalue weighted by molar-refractivity contribution is 0.0861. The number of hydrogen-bond acceptors (Lipinski definition) is 4. The molecule has 25 heavy (non-hydrogen) atoms. The maximum atomic E-state index is 12.9. The van der Waals surface area contributed by atoms with E-state index < -0.39 is 0 Å². The van der Waals surface area contributed by atoms with Crippen LogP contribution in [0.2, 0.25) is 0 Å². The lowest BCUT2D eigenvalue weighted by Crippen LogP contribution is -2.31. The summed E-state index contributed by atoms with van der Waals surface area (Å²) in [6, 6.07) is 8.09. The van der Waals surface area contributed by atoms with Crippen molar-refractivity contribution in [3.05, 3.63) is 46.7 Å². The Labute approximate surface area is 150 Å². The van der Waals surface area contributed by atoms with Gasteiger partial charge in [0.05, 0.1) is 11.8 Å². The van der Waals surface area contributed by atoms with E-state index in [1.165, 1.54) is 11.3 Å². The second-order valence-corrected chi connectivity index (χ2v) is 7.43. The molecule has 0 saturated carbocycles. The van der Waals surface area contributed by atoms with Crippen LogP contribution in [0.4, 0.5) is 0 Å². The molecule has 3 aromatic heterocycles. The van der Waals surface area contributed by atoms with Crippen molar-refractivity contribution in [1.82, 2.24) is 14.9 Å². The fourth-order valence-electron chi connectivity index (χ4n) is 3.41. The number of thiophene rings is 1. The number of carbonyl (C=O) groups excluding carboxylic acids is 1. The summed E-state index contributed by atoms with van der Waals surface area (Å²) in [7, 11) is 0. The van der Waals surface area contributed by atoms with Crippen LogP contribution in [0.3, 0.4) is 0 Å². The van der Waals surface area contributed by atoms with Gasteiger partial charge in [0.15, 0.2) is 0 Å². The molecule has 0 spiro atoms. The topological polar surface area (TPSA) is 56.2 Å². The zero-order chi connectivity index (χ0) is 17.4. The van der Waals surface area contributed by atoms with Gasteiger partial charge in [0.25, 0.3) is 5.91 Å². The number of aromatic nitrogens is 2. The van der Waals surface area contributed by atoms with Crippen LogP contribution in [0.5, 0.6) is 0 Å². The second kappa shape index (κ2) is 6.61. The summed E-state index contributed by atoms with van der Waals surface area (Å²) >= 11 is 1.45. The maximum Gasteiger partial charge on any atom is 0.263 e. The Morgan fingerprint density at radius 2 is 2.16 bits per heavy atom. The predicted molar refractivity (Wildman–Crippen MR) is 99.7 cm³/mol. The molecule has 6 heteroatoms. The van der Waals surface area contributed by atoms with Crippen molar-refractivity contribution in [2.24, 2.45) is 0 Å². The normalized spacial score (nSPS) is 17.3. The molecule has 0 aromatic carbocycles. The third-order valence-corrected chi connectivity index (χ3v) is 5.76. The van der Waals surface area contributed by atoms with Gasteiger partial charge < -0.3 is 14.6 Å². The SMILES string of the molecule is Cc1ccc(C)n1-c1c(C(=O)NC[C@H]2CCCO2)sc2ncccc12. The molecule has 1 saturated heterocycles. The van der Waals surface area contributed by atoms with Crippen LogP contribution in [-0.2, 0) is 4.74 Å². The van der Waals surface area contributed by atoms with Gasteiger partial charge in [0.2, 0.25) is 0 Å².